The number of likely N-dealkylation sites (tertiary alicyclic amines) is 1. The molecule has 0 aromatic rings. The summed E-state index contributed by atoms with van der Waals surface area (Å²) in [6.45, 7) is 2.11. The highest BCUT2D eigenvalue weighted by Gasteiger charge is 2.13. The van der Waals surface area contributed by atoms with Crippen molar-refractivity contribution in [3.8, 4) is 0 Å². The van der Waals surface area contributed by atoms with Gasteiger partial charge in [-0.2, -0.15) is 0 Å². The van der Waals surface area contributed by atoms with Gasteiger partial charge in [0.25, 0.3) is 0 Å². The van der Waals surface area contributed by atoms with Crippen LogP contribution in [0.1, 0.15) is 19.3 Å². The van der Waals surface area contributed by atoms with Gasteiger partial charge in [-0.3, -0.25) is 4.39 Å². The molecule has 10 heavy (non-hydrogen) atoms. The molecule has 1 heterocycles. The van der Waals surface area contributed by atoms with Crippen LogP contribution in [0.4, 0.5) is 4.39 Å². The van der Waals surface area contributed by atoms with Crippen molar-refractivity contribution < 1.29 is 4.39 Å². The zero-order valence-electron chi connectivity index (χ0n) is 6.65. The third kappa shape index (κ3) is 2.25. The van der Waals surface area contributed by atoms with Crippen LogP contribution in [0, 0.1) is 5.92 Å². The standard InChI is InChI=1S/C8H16FN/c1-10-5-2-3-8(7-9)4-6-10/h8H,2-7H2,1H3/t8-/m1/s1. The third-order valence-electron chi connectivity index (χ3n) is 2.29. The van der Waals surface area contributed by atoms with Gasteiger partial charge in [0.2, 0.25) is 0 Å². The van der Waals surface area contributed by atoms with E-state index in [1.165, 1.54) is 6.42 Å². The first-order valence-corrected chi connectivity index (χ1v) is 4.07. The van der Waals surface area contributed by atoms with Gasteiger partial charge in [0.1, 0.15) is 0 Å². The molecule has 1 fully saturated rings. The fraction of sp³-hybridized carbons (Fsp3) is 1.00. The zero-order valence-corrected chi connectivity index (χ0v) is 6.65. The third-order valence-corrected chi connectivity index (χ3v) is 2.29. The minimum atomic E-state index is -0.117. The molecule has 60 valence electrons. The fourth-order valence-electron chi connectivity index (χ4n) is 1.46. The van der Waals surface area contributed by atoms with Gasteiger partial charge in [-0.05, 0) is 45.3 Å². The Morgan fingerprint density at radius 2 is 2.20 bits per heavy atom. The van der Waals surface area contributed by atoms with Crippen LogP contribution in [-0.4, -0.2) is 31.7 Å². The molecule has 0 aromatic heterocycles. The van der Waals surface area contributed by atoms with E-state index < -0.39 is 0 Å². The average molecular weight is 145 g/mol. The van der Waals surface area contributed by atoms with Crippen LogP contribution in [0.15, 0.2) is 0 Å². The monoisotopic (exact) mass is 145 g/mol. The Bertz CT molecular complexity index is 95.3. The van der Waals surface area contributed by atoms with Crippen molar-refractivity contribution in [3.63, 3.8) is 0 Å². The summed E-state index contributed by atoms with van der Waals surface area (Å²) < 4.78 is 12.2. The van der Waals surface area contributed by atoms with Gasteiger partial charge < -0.3 is 4.90 Å². The van der Waals surface area contributed by atoms with Crippen molar-refractivity contribution in [1.82, 2.24) is 4.90 Å². The number of rotatable bonds is 1. The van der Waals surface area contributed by atoms with Crippen LogP contribution < -0.4 is 0 Å². The second-order valence-corrected chi connectivity index (χ2v) is 3.25. The number of nitrogens with zero attached hydrogens (tertiary/aromatic N) is 1. The van der Waals surface area contributed by atoms with Gasteiger partial charge in [-0.15, -0.1) is 0 Å². The lowest BCUT2D eigenvalue weighted by Gasteiger charge is -2.11. The van der Waals surface area contributed by atoms with E-state index >= 15 is 0 Å². The Kier molecular flexibility index (Phi) is 3.13. The summed E-state index contributed by atoms with van der Waals surface area (Å²) in [7, 11) is 2.11. The maximum atomic E-state index is 12.2. The Hall–Kier alpha value is -0.110. The lowest BCUT2D eigenvalue weighted by atomic mass is 10.0. The van der Waals surface area contributed by atoms with Crippen molar-refractivity contribution in [2.45, 2.75) is 19.3 Å². The molecular weight excluding hydrogens is 129 g/mol. The highest BCUT2D eigenvalue weighted by Crippen LogP contribution is 2.16. The topological polar surface area (TPSA) is 3.24 Å². The number of hydrogen-bond acceptors (Lipinski definition) is 1. The lowest BCUT2D eigenvalue weighted by molar-refractivity contribution is 0.313. The maximum absolute atomic E-state index is 12.2. The van der Waals surface area contributed by atoms with E-state index in [1.54, 1.807) is 0 Å². The molecule has 1 atom stereocenters. The Morgan fingerprint density at radius 3 is 2.90 bits per heavy atom. The highest BCUT2D eigenvalue weighted by atomic mass is 19.1. The summed E-state index contributed by atoms with van der Waals surface area (Å²) in [6, 6.07) is 0. The SMILES string of the molecule is CN1CCC[C@@H](CF)CC1. The molecule has 1 aliphatic heterocycles. The Morgan fingerprint density at radius 1 is 1.40 bits per heavy atom. The molecule has 0 saturated carbocycles. The van der Waals surface area contributed by atoms with Gasteiger partial charge in [-0.1, -0.05) is 0 Å². The lowest BCUT2D eigenvalue weighted by Crippen LogP contribution is -2.18. The molecule has 0 amide bonds. The normalized spacial score (nSPS) is 30.0. The van der Waals surface area contributed by atoms with Crippen LogP contribution in [0.5, 0.6) is 0 Å². The molecule has 0 aromatic carbocycles. The largest absolute Gasteiger partial charge is 0.306 e. The van der Waals surface area contributed by atoms with E-state index in [9.17, 15) is 4.39 Å². The second-order valence-electron chi connectivity index (χ2n) is 3.25. The molecule has 2 heteroatoms. The fourth-order valence-corrected chi connectivity index (χ4v) is 1.46. The van der Waals surface area contributed by atoms with Gasteiger partial charge in [0, 0.05) is 0 Å². The first-order chi connectivity index (χ1) is 4.83. The molecule has 1 aliphatic rings. The summed E-state index contributed by atoms with van der Waals surface area (Å²) in [6.07, 6.45) is 3.30. The quantitative estimate of drug-likeness (QED) is 0.542. The molecule has 0 bridgehead atoms. The van der Waals surface area contributed by atoms with E-state index in [-0.39, 0.29) is 6.67 Å². The second kappa shape index (κ2) is 3.91. The van der Waals surface area contributed by atoms with E-state index in [4.69, 9.17) is 0 Å². The average Bonchev–Trinajstić information content (AvgIpc) is 2.14. The van der Waals surface area contributed by atoms with Crippen LogP contribution in [0.25, 0.3) is 0 Å². The van der Waals surface area contributed by atoms with Gasteiger partial charge in [0.05, 0.1) is 6.67 Å². The molecule has 1 rings (SSSR count). The van der Waals surface area contributed by atoms with Gasteiger partial charge in [-0.25, -0.2) is 0 Å². The van der Waals surface area contributed by atoms with Crippen molar-refractivity contribution in [2.24, 2.45) is 5.92 Å². The Balaban J connectivity index is 2.26. The number of halogens is 1. The smallest absolute Gasteiger partial charge is 0.0923 e. The molecule has 0 N–H and O–H groups in total. The van der Waals surface area contributed by atoms with E-state index in [1.807, 2.05) is 0 Å². The number of alkyl halides is 1. The van der Waals surface area contributed by atoms with Gasteiger partial charge >= 0.3 is 0 Å². The van der Waals surface area contributed by atoms with E-state index in [2.05, 4.69) is 11.9 Å². The van der Waals surface area contributed by atoms with Crippen LogP contribution in [0.3, 0.4) is 0 Å². The van der Waals surface area contributed by atoms with Gasteiger partial charge in [0.15, 0.2) is 0 Å². The minimum Gasteiger partial charge on any atom is -0.306 e. The van der Waals surface area contributed by atoms with Crippen LogP contribution in [0.2, 0.25) is 0 Å². The summed E-state index contributed by atoms with van der Waals surface area (Å²) in [5, 5.41) is 0. The van der Waals surface area contributed by atoms with Crippen molar-refractivity contribution >= 4 is 0 Å². The predicted molar refractivity (Wildman–Crippen MR) is 40.8 cm³/mol. The van der Waals surface area contributed by atoms with Crippen LogP contribution >= 0.6 is 0 Å². The van der Waals surface area contributed by atoms with E-state index in [0.717, 1.165) is 25.9 Å². The highest BCUT2D eigenvalue weighted by molar-refractivity contribution is 4.66. The molecular formula is C8H16FN. The molecule has 0 unspecified atom stereocenters. The molecule has 0 spiro atoms. The minimum absolute atomic E-state index is 0.117. The van der Waals surface area contributed by atoms with Crippen molar-refractivity contribution in [1.29, 1.82) is 0 Å². The van der Waals surface area contributed by atoms with Crippen LogP contribution in [-0.2, 0) is 0 Å². The maximum Gasteiger partial charge on any atom is 0.0923 e. The zero-order chi connectivity index (χ0) is 7.40. The van der Waals surface area contributed by atoms with Crippen molar-refractivity contribution in [3.05, 3.63) is 0 Å². The van der Waals surface area contributed by atoms with Crippen molar-refractivity contribution in [2.75, 3.05) is 26.8 Å². The first kappa shape index (κ1) is 7.99. The summed E-state index contributed by atoms with van der Waals surface area (Å²) in [5.74, 6) is 0.352. The summed E-state index contributed by atoms with van der Waals surface area (Å²) in [5.41, 5.74) is 0. The molecule has 0 aliphatic carbocycles. The summed E-state index contributed by atoms with van der Waals surface area (Å²) >= 11 is 0. The predicted octanol–water partition coefficient (Wildman–Crippen LogP) is 1.69. The van der Waals surface area contributed by atoms with E-state index in [0.29, 0.717) is 5.92 Å². The number of hydrogen-bond donors (Lipinski definition) is 0. The Labute approximate surface area is 62.2 Å². The first-order valence-electron chi connectivity index (χ1n) is 4.07. The molecule has 1 saturated heterocycles. The molecule has 1 nitrogen and oxygen atoms in total. The summed E-state index contributed by atoms with van der Waals surface area (Å²) in [4.78, 5) is 2.29. The molecule has 0 radical (unpaired) electrons.